The summed E-state index contributed by atoms with van der Waals surface area (Å²) in [7, 11) is 2.19. The first-order valence-corrected chi connectivity index (χ1v) is 5.00. The highest BCUT2D eigenvalue weighted by atomic mass is 15.2. The zero-order chi connectivity index (χ0) is 9.10. The second-order valence-corrected chi connectivity index (χ2v) is 3.75. The number of allylic oxidation sites excluding steroid dienone is 3. The van der Waals surface area contributed by atoms with E-state index in [2.05, 4.69) is 41.5 Å². The van der Waals surface area contributed by atoms with Gasteiger partial charge in [-0.2, -0.15) is 0 Å². The molecule has 0 N–H and O–H groups in total. The van der Waals surface area contributed by atoms with E-state index >= 15 is 0 Å². The van der Waals surface area contributed by atoms with Gasteiger partial charge >= 0.3 is 0 Å². The SMILES string of the molecule is CN1CCN(C2=CC[CH]C=C2)CC1. The summed E-state index contributed by atoms with van der Waals surface area (Å²) < 4.78 is 0. The van der Waals surface area contributed by atoms with Crippen LogP contribution in [0.5, 0.6) is 0 Å². The van der Waals surface area contributed by atoms with Crippen molar-refractivity contribution in [3.8, 4) is 0 Å². The molecule has 2 nitrogen and oxygen atoms in total. The second-order valence-electron chi connectivity index (χ2n) is 3.75. The van der Waals surface area contributed by atoms with Crippen molar-refractivity contribution >= 4 is 0 Å². The Morgan fingerprint density at radius 3 is 2.54 bits per heavy atom. The summed E-state index contributed by atoms with van der Waals surface area (Å²) in [6.07, 6.45) is 9.98. The molecule has 0 spiro atoms. The molecular weight excluding hydrogens is 160 g/mol. The van der Waals surface area contributed by atoms with Gasteiger partial charge in [-0.15, -0.1) is 0 Å². The molecule has 0 aromatic heterocycles. The van der Waals surface area contributed by atoms with Gasteiger partial charge in [0.05, 0.1) is 0 Å². The number of hydrogen-bond donors (Lipinski definition) is 0. The van der Waals surface area contributed by atoms with Crippen LogP contribution in [0.3, 0.4) is 0 Å². The van der Waals surface area contributed by atoms with E-state index in [4.69, 9.17) is 0 Å². The summed E-state index contributed by atoms with van der Waals surface area (Å²) in [5.41, 5.74) is 1.41. The van der Waals surface area contributed by atoms with E-state index in [9.17, 15) is 0 Å². The maximum atomic E-state index is 2.48. The van der Waals surface area contributed by atoms with E-state index in [1.807, 2.05) is 0 Å². The smallest absolute Gasteiger partial charge is 0.0323 e. The van der Waals surface area contributed by atoms with Crippen molar-refractivity contribution in [1.29, 1.82) is 0 Å². The lowest BCUT2D eigenvalue weighted by atomic mass is 10.1. The molecule has 2 aliphatic rings. The van der Waals surface area contributed by atoms with Crippen molar-refractivity contribution < 1.29 is 0 Å². The first-order chi connectivity index (χ1) is 6.36. The molecule has 2 heteroatoms. The fourth-order valence-corrected chi connectivity index (χ4v) is 1.80. The molecule has 0 unspecified atom stereocenters. The van der Waals surface area contributed by atoms with Crippen LogP contribution in [0.1, 0.15) is 6.42 Å². The summed E-state index contributed by atoms with van der Waals surface area (Å²) in [6.45, 7) is 4.73. The average molecular weight is 177 g/mol. The molecule has 71 valence electrons. The molecule has 0 aromatic rings. The van der Waals surface area contributed by atoms with E-state index in [0.29, 0.717) is 0 Å². The van der Waals surface area contributed by atoms with Crippen molar-refractivity contribution in [1.82, 2.24) is 9.80 Å². The molecule has 1 radical (unpaired) electrons. The van der Waals surface area contributed by atoms with Gasteiger partial charge in [0.2, 0.25) is 0 Å². The standard InChI is InChI=1S/C11H17N2/c1-12-7-9-13(10-8-12)11-5-3-2-4-6-11/h2-3,5-6H,4,7-10H2,1H3. The third kappa shape index (κ3) is 2.13. The molecule has 1 aliphatic carbocycles. The lowest BCUT2D eigenvalue weighted by molar-refractivity contribution is 0.189. The first kappa shape index (κ1) is 8.82. The zero-order valence-corrected chi connectivity index (χ0v) is 8.24. The van der Waals surface area contributed by atoms with Crippen LogP contribution in [0.2, 0.25) is 0 Å². The maximum Gasteiger partial charge on any atom is 0.0323 e. The second kappa shape index (κ2) is 3.97. The van der Waals surface area contributed by atoms with E-state index in [-0.39, 0.29) is 0 Å². The van der Waals surface area contributed by atoms with Crippen molar-refractivity contribution in [2.24, 2.45) is 0 Å². The fraction of sp³-hybridized carbons (Fsp3) is 0.545. The van der Waals surface area contributed by atoms with Gasteiger partial charge in [0.25, 0.3) is 0 Å². The minimum absolute atomic E-state index is 1.10. The van der Waals surface area contributed by atoms with Crippen molar-refractivity contribution in [3.05, 3.63) is 30.3 Å². The molecule has 1 heterocycles. The number of nitrogens with zero attached hydrogens (tertiary/aromatic N) is 2. The van der Waals surface area contributed by atoms with Gasteiger partial charge in [0.1, 0.15) is 0 Å². The van der Waals surface area contributed by atoms with Gasteiger partial charge in [-0.3, -0.25) is 0 Å². The van der Waals surface area contributed by atoms with Crippen LogP contribution >= 0.6 is 0 Å². The van der Waals surface area contributed by atoms with Crippen LogP contribution in [0, 0.1) is 6.42 Å². The predicted octanol–water partition coefficient (Wildman–Crippen LogP) is 1.28. The highest BCUT2D eigenvalue weighted by molar-refractivity contribution is 5.25. The minimum atomic E-state index is 1.10. The normalized spacial score (nSPS) is 24.7. The van der Waals surface area contributed by atoms with Crippen LogP contribution < -0.4 is 0 Å². The topological polar surface area (TPSA) is 6.48 Å². The number of hydrogen-bond acceptors (Lipinski definition) is 2. The fourth-order valence-electron chi connectivity index (χ4n) is 1.80. The number of rotatable bonds is 1. The molecule has 0 saturated carbocycles. The molecule has 2 rings (SSSR count). The van der Waals surface area contributed by atoms with Gasteiger partial charge in [-0.25, -0.2) is 0 Å². The molecule has 0 bridgehead atoms. The Hall–Kier alpha value is -0.760. The van der Waals surface area contributed by atoms with Crippen LogP contribution in [0.25, 0.3) is 0 Å². The molecule has 1 aliphatic heterocycles. The molecule has 13 heavy (non-hydrogen) atoms. The lowest BCUT2D eigenvalue weighted by Gasteiger charge is -2.35. The molecule has 0 amide bonds. The Labute approximate surface area is 80.5 Å². The third-order valence-electron chi connectivity index (χ3n) is 2.73. The average Bonchev–Trinajstić information content (AvgIpc) is 2.20. The van der Waals surface area contributed by atoms with Gasteiger partial charge in [0, 0.05) is 31.9 Å². The van der Waals surface area contributed by atoms with Crippen molar-refractivity contribution in [3.63, 3.8) is 0 Å². The Kier molecular flexibility index (Phi) is 2.69. The first-order valence-electron chi connectivity index (χ1n) is 5.00. The Bertz CT molecular complexity index is 222. The highest BCUT2D eigenvalue weighted by Gasteiger charge is 2.14. The summed E-state index contributed by atoms with van der Waals surface area (Å²) >= 11 is 0. The summed E-state index contributed by atoms with van der Waals surface area (Å²) in [4.78, 5) is 4.86. The Morgan fingerprint density at radius 2 is 1.92 bits per heavy atom. The van der Waals surface area contributed by atoms with Crippen molar-refractivity contribution in [2.45, 2.75) is 6.42 Å². The van der Waals surface area contributed by atoms with Gasteiger partial charge in [-0.05, 0) is 26.0 Å². The van der Waals surface area contributed by atoms with E-state index in [0.717, 1.165) is 6.42 Å². The van der Waals surface area contributed by atoms with Crippen LogP contribution in [-0.4, -0.2) is 43.0 Å². The Morgan fingerprint density at radius 1 is 1.15 bits per heavy atom. The van der Waals surface area contributed by atoms with Crippen LogP contribution in [0.15, 0.2) is 23.9 Å². The quantitative estimate of drug-likeness (QED) is 0.595. The van der Waals surface area contributed by atoms with E-state index < -0.39 is 0 Å². The highest BCUT2D eigenvalue weighted by Crippen LogP contribution is 2.15. The van der Waals surface area contributed by atoms with Gasteiger partial charge in [0.15, 0.2) is 0 Å². The molecule has 1 saturated heterocycles. The van der Waals surface area contributed by atoms with Crippen LogP contribution in [-0.2, 0) is 0 Å². The van der Waals surface area contributed by atoms with E-state index in [1.54, 1.807) is 0 Å². The zero-order valence-electron chi connectivity index (χ0n) is 8.24. The van der Waals surface area contributed by atoms with Gasteiger partial charge < -0.3 is 9.80 Å². The molecule has 1 fully saturated rings. The summed E-state index contributed by atoms with van der Waals surface area (Å²) in [5.74, 6) is 0. The molecule has 0 aromatic carbocycles. The predicted molar refractivity (Wildman–Crippen MR) is 55.2 cm³/mol. The maximum absolute atomic E-state index is 2.48. The van der Waals surface area contributed by atoms with Crippen LogP contribution in [0.4, 0.5) is 0 Å². The minimum Gasteiger partial charge on any atom is -0.369 e. The van der Waals surface area contributed by atoms with Crippen molar-refractivity contribution in [2.75, 3.05) is 33.2 Å². The lowest BCUT2D eigenvalue weighted by Crippen LogP contribution is -2.43. The Balaban J connectivity index is 1.94. The largest absolute Gasteiger partial charge is 0.369 e. The summed E-state index contributed by atoms with van der Waals surface area (Å²) in [5, 5.41) is 0. The number of piperazine rings is 1. The number of likely N-dealkylation sites (N-methyl/N-ethyl adjacent to an activating group) is 1. The van der Waals surface area contributed by atoms with E-state index in [1.165, 1.54) is 31.9 Å². The molecule has 0 atom stereocenters. The third-order valence-corrected chi connectivity index (χ3v) is 2.73. The molecular formula is C11H17N2. The van der Waals surface area contributed by atoms with Gasteiger partial charge in [-0.1, -0.05) is 12.2 Å². The summed E-state index contributed by atoms with van der Waals surface area (Å²) in [6, 6.07) is 0. The monoisotopic (exact) mass is 177 g/mol.